The quantitative estimate of drug-likeness (QED) is 0.866. The minimum absolute atomic E-state index is 0.00395. The van der Waals surface area contributed by atoms with Crippen molar-refractivity contribution in [1.82, 2.24) is 0 Å². The monoisotopic (exact) mass is 262 g/mol. The topological polar surface area (TPSA) is 68.9 Å². The maximum atomic E-state index is 11.2. The Hall–Kier alpha value is -2.43. The number of carboxylic acid groups (broad SMARTS) is 1. The molecular formula is C14H14O5. The minimum atomic E-state index is -0.988. The van der Waals surface area contributed by atoms with Crippen molar-refractivity contribution in [2.24, 2.45) is 0 Å². The van der Waals surface area contributed by atoms with Gasteiger partial charge >= 0.3 is 5.97 Å². The molecule has 1 atom stereocenters. The smallest absolute Gasteiger partial charge is 0.317 e. The maximum absolute atomic E-state index is 11.2. The Balaban J connectivity index is 2.05. The number of ether oxygens (including phenoxy) is 2. The highest BCUT2D eigenvalue weighted by molar-refractivity contribution is 5.75. The number of carboxylic acids is 1. The van der Waals surface area contributed by atoms with Crippen molar-refractivity contribution in [1.29, 1.82) is 0 Å². The van der Waals surface area contributed by atoms with E-state index in [4.69, 9.17) is 19.0 Å². The fourth-order valence-electron chi connectivity index (χ4n) is 1.64. The summed E-state index contributed by atoms with van der Waals surface area (Å²) in [5.74, 6) is -0.242. The van der Waals surface area contributed by atoms with Crippen LogP contribution in [0.5, 0.6) is 11.5 Å². The molecular weight excluding hydrogens is 248 g/mol. The summed E-state index contributed by atoms with van der Waals surface area (Å²) in [7, 11) is 1.56. The number of benzene rings is 1. The SMILES string of the molecule is COc1cccc(OCC(C(=O)O)c2ccco2)c1. The molecule has 2 rings (SSSR count). The summed E-state index contributed by atoms with van der Waals surface area (Å²) in [6.45, 7) is -0.00395. The lowest BCUT2D eigenvalue weighted by Crippen LogP contribution is -2.18. The summed E-state index contributed by atoms with van der Waals surface area (Å²) in [5, 5.41) is 9.16. The average molecular weight is 262 g/mol. The van der Waals surface area contributed by atoms with Gasteiger partial charge in [-0.3, -0.25) is 4.79 Å². The number of aliphatic carboxylic acids is 1. The molecule has 5 heteroatoms. The van der Waals surface area contributed by atoms with Gasteiger partial charge in [-0.2, -0.15) is 0 Å². The third-order valence-electron chi connectivity index (χ3n) is 2.64. The van der Waals surface area contributed by atoms with Crippen LogP contribution in [0.15, 0.2) is 47.1 Å². The van der Waals surface area contributed by atoms with Gasteiger partial charge in [0.2, 0.25) is 0 Å². The number of hydrogen-bond donors (Lipinski definition) is 1. The van der Waals surface area contributed by atoms with E-state index in [1.807, 2.05) is 0 Å². The highest BCUT2D eigenvalue weighted by Crippen LogP contribution is 2.22. The first-order valence-corrected chi connectivity index (χ1v) is 5.74. The van der Waals surface area contributed by atoms with Crippen LogP contribution in [0, 0.1) is 0 Å². The third kappa shape index (κ3) is 3.28. The van der Waals surface area contributed by atoms with Crippen molar-refractivity contribution >= 4 is 5.97 Å². The minimum Gasteiger partial charge on any atom is -0.497 e. The van der Waals surface area contributed by atoms with Crippen LogP contribution < -0.4 is 9.47 Å². The van der Waals surface area contributed by atoms with Crippen LogP contribution in [0.1, 0.15) is 11.7 Å². The molecule has 1 unspecified atom stereocenters. The molecule has 0 spiro atoms. The number of carbonyl (C=O) groups is 1. The molecule has 100 valence electrons. The van der Waals surface area contributed by atoms with Crippen molar-refractivity contribution in [3.8, 4) is 11.5 Å². The zero-order valence-electron chi connectivity index (χ0n) is 10.4. The molecule has 1 heterocycles. The van der Waals surface area contributed by atoms with Gasteiger partial charge in [0.15, 0.2) is 0 Å². The van der Waals surface area contributed by atoms with E-state index in [0.717, 1.165) is 0 Å². The number of methoxy groups -OCH3 is 1. The normalized spacial score (nSPS) is 11.8. The van der Waals surface area contributed by atoms with Crippen LogP contribution in [0.4, 0.5) is 0 Å². The van der Waals surface area contributed by atoms with Crippen molar-refractivity contribution < 1.29 is 23.8 Å². The van der Waals surface area contributed by atoms with E-state index >= 15 is 0 Å². The van der Waals surface area contributed by atoms with Crippen molar-refractivity contribution in [2.45, 2.75) is 5.92 Å². The predicted molar refractivity (Wildman–Crippen MR) is 67.6 cm³/mol. The summed E-state index contributed by atoms with van der Waals surface area (Å²) in [5.41, 5.74) is 0. The van der Waals surface area contributed by atoms with Crippen molar-refractivity contribution in [2.75, 3.05) is 13.7 Å². The Morgan fingerprint density at radius 2 is 2.11 bits per heavy atom. The average Bonchev–Trinajstić information content (AvgIpc) is 2.93. The molecule has 1 aromatic heterocycles. The molecule has 2 aromatic rings. The maximum Gasteiger partial charge on any atom is 0.317 e. The van der Waals surface area contributed by atoms with Gasteiger partial charge in [-0.1, -0.05) is 6.07 Å². The van der Waals surface area contributed by atoms with Crippen LogP contribution in [0.3, 0.4) is 0 Å². The first kappa shape index (κ1) is 13.0. The summed E-state index contributed by atoms with van der Waals surface area (Å²) in [6, 6.07) is 10.3. The largest absolute Gasteiger partial charge is 0.497 e. The fourth-order valence-corrected chi connectivity index (χ4v) is 1.64. The highest BCUT2D eigenvalue weighted by atomic mass is 16.5. The van der Waals surface area contributed by atoms with Gasteiger partial charge in [0.05, 0.1) is 13.4 Å². The van der Waals surface area contributed by atoms with Gasteiger partial charge in [0.25, 0.3) is 0 Å². The Morgan fingerprint density at radius 1 is 1.32 bits per heavy atom. The molecule has 0 amide bonds. The molecule has 0 saturated heterocycles. The van der Waals surface area contributed by atoms with Gasteiger partial charge < -0.3 is 19.0 Å². The molecule has 5 nitrogen and oxygen atoms in total. The molecule has 0 radical (unpaired) electrons. The Kier molecular flexibility index (Phi) is 4.07. The molecule has 0 fully saturated rings. The molecule has 1 N–H and O–H groups in total. The van der Waals surface area contributed by atoms with E-state index in [9.17, 15) is 4.79 Å². The van der Waals surface area contributed by atoms with Crippen LogP contribution in [0.2, 0.25) is 0 Å². The molecule has 19 heavy (non-hydrogen) atoms. The molecule has 0 aliphatic heterocycles. The van der Waals surface area contributed by atoms with E-state index in [1.165, 1.54) is 6.26 Å². The van der Waals surface area contributed by atoms with Crippen molar-refractivity contribution in [3.63, 3.8) is 0 Å². The zero-order valence-corrected chi connectivity index (χ0v) is 10.4. The second-order valence-corrected chi connectivity index (χ2v) is 3.90. The Morgan fingerprint density at radius 3 is 2.74 bits per heavy atom. The van der Waals surface area contributed by atoms with Crippen LogP contribution >= 0.6 is 0 Å². The van der Waals surface area contributed by atoms with Crippen LogP contribution in [-0.4, -0.2) is 24.8 Å². The number of hydrogen-bond acceptors (Lipinski definition) is 4. The summed E-state index contributed by atoms with van der Waals surface area (Å²) in [6.07, 6.45) is 1.44. The first-order valence-electron chi connectivity index (χ1n) is 5.74. The van der Waals surface area contributed by atoms with Gasteiger partial charge in [-0.05, 0) is 24.3 Å². The highest BCUT2D eigenvalue weighted by Gasteiger charge is 2.23. The molecule has 0 bridgehead atoms. The predicted octanol–water partition coefficient (Wildman–Crippen LogP) is 2.54. The van der Waals surface area contributed by atoms with Crippen LogP contribution in [-0.2, 0) is 4.79 Å². The van der Waals surface area contributed by atoms with Gasteiger partial charge in [0.1, 0.15) is 29.8 Å². The third-order valence-corrected chi connectivity index (χ3v) is 2.64. The number of rotatable bonds is 6. The fraction of sp³-hybridized carbons (Fsp3) is 0.214. The van der Waals surface area contributed by atoms with Gasteiger partial charge in [-0.25, -0.2) is 0 Å². The summed E-state index contributed by atoms with van der Waals surface area (Å²) >= 11 is 0. The Labute approximate surface area is 110 Å². The zero-order chi connectivity index (χ0) is 13.7. The van der Waals surface area contributed by atoms with E-state index in [-0.39, 0.29) is 6.61 Å². The Bertz CT molecular complexity index is 533. The summed E-state index contributed by atoms with van der Waals surface area (Å²) < 4.78 is 15.6. The van der Waals surface area contributed by atoms with E-state index in [1.54, 1.807) is 43.5 Å². The van der Waals surface area contributed by atoms with E-state index in [2.05, 4.69) is 0 Å². The lowest BCUT2D eigenvalue weighted by atomic mass is 10.1. The van der Waals surface area contributed by atoms with Gasteiger partial charge in [-0.15, -0.1) is 0 Å². The lowest BCUT2D eigenvalue weighted by molar-refractivity contribution is -0.140. The molecule has 1 aromatic carbocycles. The lowest BCUT2D eigenvalue weighted by Gasteiger charge is -2.12. The standard InChI is InChI=1S/C14H14O5/c1-17-10-4-2-5-11(8-10)19-9-12(14(15)16)13-6-3-7-18-13/h2-8,12H,9H2,1H3,(H,15,16). The summed E-state index contributed by atoms with van der Waals surface area (Å²) in [4.78, 5) is 11.2. The first-order chi connectivity index (χ1) is 9.20. The van der Waals surface area contributed by atoms with Crippen molar-refractivity contribution in [3.05, 3.63) is 48.4 Å². The molecule has 0 saturated carbocycles. The molecule has 0 aliphatic rings. The van der Waals surface area contributed by atoms with Gasteiger partial charge in [0, 0.05) is 6.07 Å². The van der Waals surface area contributed by atoms with Crippen LogP contribution in [0.25, 0.3) is 0 Å². The second kappa shape index (κ2) is 5.95. The second-order valence-electron chi connectivity index (χ2n) is 3.90. The van der Waals surface area contributed by atoms with E-state index < -0.39 is 11.9 Å². The van der Waals surface area contributed by atoms with E-state index in [0.29, 0.717) is 17.3 Å². The molecule has 0 aliphatic carbocycles. The number of furan rings is 1.